The summed E-state index contributed by atoms with van der Waals surface area (Å²) in [6.45, 7) is 2.81. The zero-order chi connectivity index (χ0) is 12.6. The first kappa shape index (κ1) is 11.2. The SMILES string of the molecule is CC(=O)Oc1ccc2oc(C)c(C(=O)[O-])c2c1. The number of aromatic carboxylic acids is 1. The second-order valence-corrected chi connectivity index (χ2v) is 3.57. The van der Waals surface area contributed by atoms with Crippen molar-refractivity contribution in [2.45, 2.75) is 13.8 Å². The molecular formula is C12H9O5-. The monoisotopic (exact) mass is 233 g/mol. The highest BCUT2D eigenvalue weighted by Gasteiger charge is 2.13. The van der Waals surface area contributed by atoms with Crippen LogP contribution in [0.1, 0.15) is 23.0 Å². The minimum atomic E-state index is -1.32. The van der Waals surface area contributed by atoms with E-state index in [1.807, 2.05) is 0 Å². The molecule has 1 heterocycles. The van der Waals surface area contributed by atoms with Crippen molar-refractivity contribution in [3.05, 3.63) is 29.5 Å². The van der Waals surface area contributed by atoms with E-state index in [1.165, 1.54) is 26.0 Å². The fourth-order valence-electron chi connectivity index (χ4n) is 1.68. The molecule has 1 aromatic heterocycles. The molecule has 0 aliphatic heterocycles. The molecule has 0 saturated carbocycles. The van der Waals surface area contributed by atoms with Gasteiger partial charge in [0.05, 0.1) is 5.97 Å². The number of benzene rings is 1. The Morgan fingerprint density at radius 3 is 2.65 bits per heavy atom. The minimum Gasteiger partial charge on any atom is -0.545 e. The van der Waals surface area contributed by atoms with Gasteiger partial charge < -0.3 is 19.1 Å². The molecule has 5 heteroatoms. The second kappa shape index (κ2) is 3.93. The number of esters is 1. The maximum atomic E-state index is 11.0. The van der Waals surface area contributed by atoms with Gasteiger partial charge in [0.25, 0.3) is 0 Å². The van der Waals surface area contributed by atoms with Crippen molar-refractivity contribution in [3.63, 3.8) is 0 Å². The molecule has 0 bridgehead atoms. The summed E-state index contributed by atoms with van der Waals surface area (Å²) in [7, 11) is 0. The van der Waals surface area contributed by atoms with Crippen LogP contribution in [0.3, 0.4) is 0 Å². The van der Waals surface area contributed by atoms with Crippen LogP contribution in [0, 0.1) is 6.92 Å². The van der Waals surface area contributed by atoms with E-state index in [2.05, 4.69) is 0 Å². The second-order valence-electron chi connectivity index (χ2n) is 3.57. The molecule has 0 fully saturated rings. The molecule has 2 aromatic rings. The van der Waals surface area contributed by atoms with Crippen molar-refractivity contribution in [2.75, 3.05) is 0 Å². The van der Waals surface area contributed by atoms with Crippen LogP contribution in [-0.4, -0.2) is 11.9 Å². The van der Waals surface area contributed by atoms with Crippen molar-refractivity contribution in [2.24, 2.45) is 0 Å². The maximum absolute atomic E-state index is 11.0. The Labute approximate surface area is 96.6 Å². The maximum Gasteiger partial charge on any atom is 0.308 e. The Morgan fingerprint density at radius 2 is 2.06 bits per heavy atom. The van der Waals surface area contributed by atoms with Crippen LogP contribution in [0.4, 0.5) is 0 Å². The van der Waals surface area contributed by atoms with E-state index in [4.69, 9.17) is 9.15 Å². The summed E-state index contributed by atoms with van der Waals surface area (Å²) in [5.74, 6) is -1.26. The third kappa shape index (κ3) is 1.99. The molecular weight excluding hydrogens is 224 g/mol. The number of carboxylic acids is 1. The molecule has 1 aromatic carbocycles. The largest absolute Gasteiger partial charge is 0.545 e. The predicted molar refractivity (Wildman–Crippen MR) is 56.6 cm³/mol. The smallest absolute Gasteiger partial charge is 0.308 e. The van der Waals surface area contributed by atoms with E-state index < -0.39 is 11.9 Å². The number of carboxylic acid groups (broad SMARTS) is 1. The summed E-state index contributed by atoms with van der Waals surface area (Å²) in [5.41, 5.74) is 0.395. The molecule has 0 amide bonds. The zero-order valence-corrected chi connectivity index (χ0v) is 9.27. The topological polar surface area (TPSA) is 79.6 Å². The Hall–Kier alpha value is -2.30. The fraction of sp³-hybridized carbons (Fsp3) is 0.167. The standard InChI is InChI=1S/C12H10O5/c1-6-11(12(14)15)9-5-8(17-7(2)13)3-4-10(9)16-6/h3-5H,1-2H3,(H,14,15)/p-1. The highest BCUT2D eigenvalue weighted by Crippen LogP contribution is 2.28. The van der Waals surface area contributed by atoms with Gasteiger partial charge in [0.2, 0.25) is 0 Å². The lowest BCUT2D eigenvalue weighted by atomic mass is 10.1. The molecule has 2 rings (SSSR count). The van der Waals surface area contributed by atoms with Gasteiger partial charge in [-0.05, 0) is 25.1 Å². The molecule has 5 nitrogen and oxygen atoms in total. The molecule has 0 radical (unpaired) electrons. The molecule has 17 heavy (non-hydrogen) atoms. The van der Waals surface area contributed by atoms with Crippen molar-refractivity contribution in [1.82, 2.24) is 0 Å². The van der Waals surface area contributed by atoms with E-state index in [0.29, 0.717) is 11.0 Å². The molecule has 0 saturated heterocycles. The summed E-state index contributed by atoms with van der Waals surface area (Å²) in [6, 6.07) is 4.52. The molecule has 0 atom stereocenters. The van der Waals surface area contributed by atoms with Crippen LogP contribution in [0.2, 0.25) is 0 Å². The van der Waals surface area contributed by atoms with Gasteiger partial charge in [-0.15, -0.1) is 0 Å². The average molecular weight is 233 g/mol. The molecule has 0 aliphatic carbocycles. The molecule has 88 valence electrons. The number of ether oxygens (including phenoxy) is 1. The summed E-state index contributed by atoms with van der Waals surface area (Å²) < 4.78 is 10.1. The van der Waals surface area contributed by atoms with E-state index in [-0.39, 0.29) is 17.1 Å². The van der Waals surface area contributed by atoms with Crippen LogP contribution < -0.4 is 9.84 Å². The van der Waals surface area contributed by atoms with Crippen LogP contribution in [0.25, 0.3) is 11.0 Å². The summed E-state index contributed by atoms with van der Waals surface area (Å²) >= 11 is 0. The van der Waals surface area contributed by atoms with Crippen molar-refractivity contribution >= 4 is 22.9 Å². The first-order valence-electron chi connectivity index (χ1n) is 4.92. The Bertz CT molecular complexity index is 609. The number of carbonyl (C=O) groups excluding carboxylic acids is 2. The number of aryl methyl sites for hydroxylation is 1. The van der Waals surface area contributed by atoms with Gasteiger partial charge in [-0.25, -0.2) is 0 Å². The molecule has 0 N–H and O–H groups in total. The number of furan rings is 1. The quantitative estimate of drug-likeness (QED) is 0.571. The first-order valence-corrected chi connectivity index (χ1v) is 4.92. The summed E-state index contributed by atoms with van der Waals surface area (Å²) in [4.78, 5) is 21.8. The predicted octanol–water partition coefficient (Wildman–Crippen LogP) is 1.03. The first-order chi connectivity index (χ1) is 7.99. The van der Waals surface area contributed by atoms with Crippen molar-refractivity contribution in [1.29, 1.82) is 0 Å². The Morgan fingerprint density at radius 1 is 1.35 bits per heavy atom. The third-order valence-corrected chi connectivity index (χ3v) is 2.30. The Kier molecular flexibility index (Phi) is 2.59. The van der Waals surface area contributed by atoms with Gasteiger partial charge in [-0.2, -0.15) is 0 Å². The normalized spacial score (nSPS) is 10.5. The van der Waals surface area contributed by atoms with Crippen molar-refractivity contribution < 1.29 is 23.8 Å². The van der Waals surface area contributed by atoms with Gasteiger partial charge in [0.1, 0.15) is 17.1 Å². The van der Waals surface area contributed by atoms with E-state index in [0.717, 1.165) is 0 Å². The molecule has 0 aliphatic rings. The number of fused-ring (bicyclic) bond motifs is 1. The molecule has 0 spiro atoms. The van der Waals surface area contributed by atoms with Gasteiger partial charge in [-0.1, -0.05) is 0 Å². The van der Waals surface area contributed by atoms with Gasteiger partial charge in [-0.3, -0.25) is 4.79 Å². The van der Waals surface area contributed by atoms with Crippen LogP contribution in [0.15, 0.2) is 22.6 Å². The van der Waals surface area contributed by atoms with Gasteiger partial charge >= 0.3 is 5.97 Å². The third-order valence-electron chi connectivity index (χ3n) is 2.30. The van der Waals surface area contributed by atoms with Gasteiger partial charge in [0, 0.05) is 17.9 Å². The van der Waals surface area contributed by atoms with Crippen LogP contribution in [0.5, 0.6) is 5.75 Å². The minimum absolute atomic E-state index is 0.0194. The number of hydrogen-bond donors (Lipinski definition) is 0. The van der Waals surface area contributed by atoms with E-state index in [9.17, 15) is 14.7 Å². The fourth-order valence-corrected chi connectivity index (χ4v) is 1.68. The lowest BCUT2D eigenvalue weighted by Crippen LogP contribution is -2.22. The highest BCUT2D eigenvalue weighted by molar-refractivity contribution is 6.03. The van der Waals surface area contributed by atoms with Gasteiger partial charge in [0.15, 0.2) is 0 Å². The van der Waals surface area contributed by atoms with Crippen LogP contribution >= 0.6 is 0 Å². The zero-order valence-electron chi connectivity index (χ0n) is 9.27. The molecule has 0 unspecified atom stereocenters. The van der Waals surface area contributed by atoms with E-state index >= 15 is 0 Å². The average Bonchev–Trinajstić information content (AvgIpc) is 2.52. The number of rotatable bonds is 2. The number of hydrogen-bond acceptors (Lipinski definition) is 5. The number of carbonyl (C=O) groups is 2. The summed E-state index contributed by atoms with van der Waals surface area (Å²) in [6.07, 6.45) is 0. The summed E-state index contributed by atoms with van der Waals surface area (Å²) in [5, 5.41) is 11.3. The lowest BCUT2D eigenvalue weighted by Gasteiger charge is -2.02. The van der Waals surface area contributed by atoms with Crippen LogP contribution in [-0.2, 0) is 4.79 Å². The van der Waals surface area contributed by atoms with Crippen molar-refractivity contribution in [3.8, 4) is 5.75 Å². The van der Waals surface area contributed by atoms with E-state index in [1.54, 1.807) is 6.07 Å². The Balaban J connectivity index is 2.62. The lowest BCUT2D eigenvalue weighted by molar-refractivity contribution is -0.254. The highest BCUT2D eigenvalue weighted by atomic mass is 16.5.